The third-order valence-corrected chi connectivity index (χ3v) is 11.9. The largest absolute Gasteiger partial charge is 0.393 e. The van der Waals surface area contributed by atoms with E-state index in [1.165, 1.54) is 64.2 Å². The Kier molecular flexibility index (Phi) is 6.07. The van der Waals surface area contributed by atoms with Crippen molar-refractivity contribution >= 4 is 0 Å². The SMILES string of the molecule is CC(C)CCCC(C)C1CC[C@@]2(C)C3=C(CC[C@]12C)[C@@]1(C)CC[C@H](O)C(C)(C)C1CC3. The second-order valence-corrected chi connectivity index (χ2v) is 14.0. The van der Waals surface area contributed by atoms with Gasteiger partial charge in [0, 0.05) is 0 Å². The lowest BCUT2D eigenvalue weighted by Gasteiger charge is -2.62. The van der Waals surface area contributed by atoms with Gasteiger partial charge in [-0.25, -0.2) is 0 Å². The fraction of sp³-hybridized carbons (Fsp3) is 0.933. The minimum absolute atomic E-state index is 0.0519. The predicted molar refractivity (Wildman–Crippen MR) is 133 cm³/mol. The molecule has 0 radical (unpaired) electrons. The summed E-state index contributed by atoms with van der Waals surface area (Å²) in [4.78, 5) is 0. The smallest absolute Gasteiger partial charge is 0.0594 e. The Bertz CT molecular complexity index is 716. The van der Waals surface area contributed by atoms with Crippen LogP contribution in [-0.4, -0.2) is 11.2 Å². The molecular weight excluding hydrogens is 376 g/mol. The summed E-state index contributed by atoms with van der Waals surface area (Å²) in [6, 6.07) is 0. The van der Waals surface area contributed by atoms with Crippen LogP contribution in [0.2, 0.25) is 0 Å². The Morgan fingerprint density at radius 1 is 0.839 bits per heavy atom. The molecule has 7 atom stereocenters. The lowest BCUT2D eigenvalue weighted by molar-refractivity contribution is -0.0962. The van der Waals surface area contributed by atoms with Gasteiger partial charge in [-0.15, -0.1) is 0 Å². The van der Waals surface area contributed by atoms with Crippen molar-refractivity contribution in [1.29, 1.82) is 0 Å². The Balaban J connectivity index is 1.63. The molecule has 2 saturated carbocycles. The van der Waals surface area contributed by atoms with Crippen LogP contribution < -0.4 is 0 Å². The molecule has 0 aliphatic heterocycles. The van der Waals surface area contributed by atoms with Crippen LogP contribution in [0.3, 0.4) is 0 Å². The van der Waals surface area contributed by atoms with Gasteiger partial charge in [0.25, 0.3) is 0 Å². The van der Waals surface area contributed by atoms with E-state index in [0.29, 0.717) is 22.2 Å². The van der Waals surface area contributed by atoms with Gasteiger partial charge in [-0.2, -0.15) is 0 Å². The average molecular weight is 429 g/mol. The molecule has 3 unspecified atom stereocenters. The summed E-state index contributed by atoms with van der Waals surface area (Å²) in [5.41, 5.74) is 5.01. The molecule has 4 aliphatic carbocycles. The van der Waals surface area contributed by atoms with E-state index >= 15 is 0 Å². The first kappa shape index (κ1) is 23.8. The van der Waals surface area contributed by atoms with Crippen molar-refractivity contribution in [3.63, 3.8) is 0 Å². The summed E-state index contributed by atoms with van der Waals surface area (Å²) in [5.74, 6) is 3.24. The average Bonchev–Trinajstić information content (AvgIpc) is 2.96. The summed E-state index contributed by atoms with van der Waals surface area (Å²) in [7, 11) is 0. The predicted octanol–water partition coefficient (Wildman–Crippen LogP) is 8.56. The van der Waals surface area contributed by atoms with Crippen LogP contribution in [0.5, 0.6) is 0 Å². The van der Waals surface area contributed by atoms with Crippen LogP contribution in [0.15, 0.2) is 11.1 Å². The number of hydrogen-bond acceptors (Lipinski definition) is 1. The Morgan fingerprint density at radius 3 is 2.23 bits per heavy atom. The maximum atomic E-state index is 10.8. The molecule has 178 valence electrons. The van der Waals surface area contributed by atoms with Crippen molar-refractivity contribution in [2.45, 2.75) is 132 Å². The highest BCUT2D eigenvalue weighted by Gasteiger charge is 2.63. The van der Waals surface area contributed by atoms with E-state index in [2.05, 4.69) is 55.4 Å². The van der Waals surface area contributed by atoms with Crippen molar-refractivity contribution in [2.24, 2.45) is 45.3 Å². The van der Waals surface area contributed by atoms with Crippen LogP contribution in [0.4, 0.5) is 0 Å². The molecule has 0 saturated heterocycles. The normalized spacial score (nSPS) is 45.3. The second-order valence-electron chi connectivity index (χ2n) is 14.0. The highest BCUT2D eigenvalue weighted by Crippen LogP contribution is 2.72. The molecule has 1 N–H and O–H groups in total. The lowest BCUT2D eigenvalue weighted by Crippen LogP contribution is -2.55. The highest BCUT2D eigenvalue weighted by atomic mass is 16.3. The Morgan fingerprint density at radius 2 is 1.55 bits per heavy atom. The number of hydrogen-bond donors (Lipinski definition) is 1. The van der Waals surface area contributed by atoms with Crippen molar-refractivity contribution < 1.29 is 5.11 Å². The van der Waals surface area contributed by atoms with Crippen molar-refractivity contribution in [3.8, 4) is 0 Å². The molecule has 0 amide bonds. The van der Waals surface area contributed by atoms with Gasteiger partial charge in [-0.05, 0) is 96.7 Å². The van der Waals surface area contributed by atoms with E-state index < -0.39 is 0 Å². The maximum absolute atomic E-state index is 10.8. The highest BCUT2D eigenvalue weighted by molar-refractivity contribution is 5.38. The van der Waals surface area contributed by atoms with Gasteiger partial charge in [0.05, 0.1) is 6.10 Å². The van der Waals surface area contributed by atoms with Crippen molar-refractivity contribution in [3.05, 3.63) is 11.1 Å². The molecule has 0 heterocycles. The molecule has 0 aromatic rings. The molecular formula is C30H52O. The monoisotopic (exact) mass is 428 g/mol. The molecule has 1 nitrogen and oxygen atoms in total. The quantitative estimate of drug-likeness (QED) is 0.435. The van der Waals surface area contributed by atoms with Gasteiger partial charge in [0.15, 0.2) is 0 Å². The minimum Gasteiger partial charge on any atom is -0.393 e. The third-order valence-electron chi connectivity index (χ3n) is 11.9. The number of allylic oxidation sites excluding steroid dienone is 2. The van der Waals surface area contributed by atoms with Gasteiger partial charge in [0.1, 0.15) is 0 Å². The van der Waals surface area contributed by atoms with E-state index in [1.807, 2.05) is 11.1 Å². The second kappa shape index (κ2) is 7.89. The fourth-order valence-electron chi connectivity index (χ4n) is 9.68. The van der Waals surface area contributed by atoms with Crippen LogP contribution in [-0.2, 0) is 0 Å². The van der Waals surface area contributed by atoms with Crippen LogP contribution >= 0.6 is 0 Å². The zero-order valence-corrected chi connectivity index (χ0v) is 22.1. The lowest BCUT2D eigenvalue weighted by atomic mass is 9.43. The van der Waals surface area contributed by atoms with Gasteiger partial charge in [0.2, 0.25) is 0 Å². The Labute approximate surface area is 193 Å². The molecule has 2 fully saturated rings. The molecule has 4 rings (SSSR count). The van der Waals surface area contributed by atoms with Crippen LogP contribution in [0, 0.1) is 45.3 Å². The van der Waals surface area contributed by atoms with E-state index in [9.17, 15) is 5.11 Å². The molecule has 31 heavy (non-hydrogen) atoms. The summed E-state index contributed by atoms with van der Waals surface area (Å²) < 4.78 is 0. The maximum Gasteiger partial charge on any atom is 0.0594 e. The summed E-state index contributed by atoms with van der Waals surface area (Å²) in [6.07, 6.45) is 14.4. The van der Waals surface area contributed by atoms with Gasteiger partial charge >= 0.3 is 0 Å². The van der Waals surface area contributed by atoms with Gasteiger partial charge in [-0.3, -0.25) is 0 Å². The summed E-state index contributed by atoms with van der Waals surface area (Å²) >= 11 is 0. The first-order valence-electron chi connectivity index (χ1n) is 13.8. The van der Waals surface area contributed by atoms with E-state index in [4.69, 9.17) is 0 Å². The molecule has 0 aromatic carbocycles. The van der Waals surface area contributed by atoms with Gasteiger partial charge in [-0.1, -0.05) is 85.8 Å². The third kappa shape index (κ3) is 3.41. The van der Waals surface area contributed by atoms with Crippen LogP contribution in [0.25, 0.3) is 0 Å². The Hall–Kier alpha value is -0.300. The zero-order valence-electron chi connectivity index (χ0n) is 22.1. The van der Waals surface area contributed by atoms with E-state index in [0.717, 1.165) is 24.2 Å². The number of aliphatic hydroxyl groups excluding tert-OH is 1. The molecule has 0 aromatic heterocycles. The fourth-order valence-corrected chi connectivity index (χ4v) is 9.68. The summed E-state index contributed by atoms with van der Waals surface area (Å²) in [5, 5.41) is 10.8. The number of rotatable bonds is 5. The van der Waals surface area contributed by atoms with Crippen molar-refractivity contribution in [1.82, 2.24) is 0 Å². The topological polar surface area (TPSA) is 20.2 Å². The summed E-state index contributed by atoms with van der Waals surface area (Å²) in [6.45, 7) is 20.0. The minimum atomic E-state index is -0.125. The zero-order chi connectivity index (χ0) is 22.8. The molecule has 1 heteroatoms. The first-order chi connectivity index (χ1) is 14.4. The number of fused-ring (bicyclic) bond motifs is 4. The van der Waals surface area contributed by atoms with E-state index in [-0.39, 0.29) is 11.5 Å². The molecule has 4 aliphatic rings. The first-order valence-corrected chi connectivity index (χ1v) is 13.8. The molecule has 0 bridgehead atoms. The molecule has 0 spiro atoms. The van der Waals surface area contributed by atoms with Crippen molar-refractivity contribution in [2.75, 3.05) is 0 Å². The van der Waals surface area contributed by atoms with Crippen LogP contribution in [0.1, 0.15) is 126 Å². The van der Waals surface area contributed by atoms with E-state index in [1.54, 1.807) is 0 Å². The standard InChI is InChI=1S/C30H52O/c1-20(2)10-9-11-21(3)22-14-18-30(8)24-12-13-25-27(4,5)26(31)16-17-28(25,6)23(24)15-19-29(22,30)7/h20-22,25-26,31H,9-19H2,1-8H3/t21?,22?,25?,26-,28+,29+,30-/m0/s1. The number of aliphatic hydroxyl groups is 1. The van der Waals surface area contributed by atoms with Gasteiger partial charge < -0.3 is 5.11 Å².